The van der Waals surface area contributed by atoms with Gasteiger partial charge in [0.25, 0.3) is 0 Å². The van der Waals surface area contributed by atoms with Gasteiger partial charge in [0.1, 0.15) is 5.82 Å². The van der Waals surface area contributed by atoms with Crippen molar-refractivity contribution < 1.29 is 9.50 Å². The Morgan fingerprint density at radius 1 is 1.29 bits per heavy atom. The van der Waals surface area contributed by atoms with Crippen LogP contribution < -0.4 is 0 Å². The zero-order valence-corrected chi connectivity index (χ0v) is 10.6. The average Bonchev–Trinajstić information content (AvgIpc) is 2.75. The van der Waals surface area contributed by atoms with Crippen molar-refractivity contribution in [3.8, 4) is 0 Å². The van der Waals surface area contributed by atoms with Crippen molar-refractivity contribution in [2.24, 2.45) is 0 Å². The van der Waals surface area contributed by atoms with Crippen molar-refractivity contribution in [1.82, 2.24) is 0 Å². The Kier molecular flexibility index (Phi) is 4.15. The summed E-state index contributed by atoms with van der Waals surface area (Å²) in [6, 6.07) is 8.20. The minimum atomic E-state index is -0.489. The molecule has 0 fully saturated rings. The van der Waals surface area contributed by atoms with Gasteiger partial charge in [-0.1, -0.05) is 23.7 Å². The smallest absolute Gasteiger partial charge is 0.124 e. The first kappa shape index (κ1) is 12.6. The van der Waals surface area contributed by atoms with Crippen molar-refractivity contribution in [2.45, 2.75) is 18.9 Å². The number of rotatable bonds is 4. The molecule has 1 atom stereocenters. The third kappa shape index (κ3) is 3.53. The molecule has 1 unspecified atom stereocenters. The van der Waals surface area contributed by atoms with Crippen LogP contribution in [-0.2, 0) is 12.8 Å². The van der Waals surface area contributed by atoms with Crippen LogP contribution in [0.1, 0.15) is 10.4 Å². The molecule has 0 bridgehead atoms. The number of hydrogen-bond acceptors (Lipinski definition) is 2. The second kappa shape index (κ2) is 5.63. The first-order valence-corrected chi connectivity index (χ1v) is 6.55. The minimum Gasteiger partial charge on any atom is -0.392 e. The summed E-state index contributed by atoms with van der Waals surface area (Å²) in [5.41, 5.74) is 0.775. The summed E-state index contributed by atoms with van der Waals surface area (Å²) in [6.07, 6.45) is 0.555. The molecule has 1 N–H and O–H groups in total. The minimum absolute atomic E-state index is 0.355. The Balaban J connectivity index is 2.00. The molecule has 0 aliphatic carbocycles. The van der Waals surface area contributed by atoms with Crippen molar-refractivity contribution in [3.63, 3.8) is 0 Å². The van der Waals surface area contributed by atoms with Gasteiger partial charge in [-0.15, -0.1) is 11.3 Å². The van der Waals surface area contributed by atoms with Crippen molar-refractivity contribution in [2.75, 3.05) is 0 Å². The first-order valence-electron chi connectivity index (χ1n) is 5.29. The standard InChI is InChI=1S/C13H12ClFOS/c14-13-7-10(15)4-3-9(13)6-11(16)8-12-2-1-5-17-12/h1-5,7,11,16H,6,8H2. The fourth-order valence-corrected chi connectivity index (χ4v) is 2.70. The lowest BCUT2D eigenvalue weighted by Crippen LogP contribution is -2.13. The number of aliphatic hydroxyl groups excluding tert-OH is 1. The number of aliphatic hydroxyl groups is 1. The Morgan fingerprint density at radius 2 is 2.12 bits per heavy atom. The highest BCUT2D eigenvalue weighted by Gasteiger charge is 2.10. The molecule has 0 saturated carbocycles. The summed E-state index contributed by atoms with van der Waals surface area (Å²) in [6.45, 7) is 0. The molecule has 0 amide bonds. The number of thiophene rings is 1. The molecular formula is C13H12ClFOS. The third-order valence-electron chi connectivity index (χ3n) is 2.49. The Hall–Kier alpha value is -0.900. The number of benzene rings is 1. The molecule has 0 aliphatic rings. The lowest BCUT2D eigenvalue weighted by atomic mass is 10.0. The van der Waals surface area contributed by atoms with E-state index in [-0.39, 0.29) is 5.82 Å². The lowest BCUT2D eigenvalue weighted by Gasteiger charge is -2.10. The van der Waals surface area contributed by atoms with E-state index in [1.54, 1.807) is 17.4 Å². The number of halogens is 2. The van der Waals surface area contributed by atoms with Crippen molar-refractivity contribution in [1.29, 1.82) is 0 Å². The van der Waals surface area contributed by atoms with Gasteiger partial charge in [-0.25, -0.2) is 4.39 Å². The van der Waals surface area contributed by atoms with Gasteiger partial charge >= 0.3 is 0 Å². The SMILES string of the molecule is OC(Cc1cccs1)Cc1ccc(F)cc1Cl. The zero-order chi connectivity index (χ0) is 12.3. The predicted octanol–water partition coefficient (Wildman–Crippen LogP) is 3.69. The normalized spacial score (nSPS) is 12.6. The van der Waals surface area contributed by atoms with Gasteiger partial charge < -0.3 is 5.11 Å². The van der Waals surface area contributed by atoms with Crippen LogP contribution in [0.25, 0.3) is 0 Å². The van der Waals surface area contributed by atoms with Crippen LogP contribution >= 0.6 is 22.9 Å². The third-order valence-corrected chi connectivity index (χ3v) is 3.74. The van der Waals surface area contributed by atoms with E-state index in [2.05, 4.69) is 0 Å². The van der Waals surface area contributed by atoms with E-state index in [9.17, 15) is 9.50 Å². The molecule has 4 heteroatoms. The molecule has 0 radical (unpaired) electrons. The molecular weight excluding hydrogens is 259 g/mol. The molecule has 1 nitrogen and oxygen atoms in total. The molecule has 1 aromatic carbocycles. The van der Waals surface area contributed by atoms with Crippen LogP contribution in [-0.4, -0.2) is 11.2 Å². The monoisotopic (exact) mass is 270 g/mol. The molecule has 0 spiro atoms. The summed E-state index contributed by atoms with van der Waals surface area (Å²) in [7, 11) is 0. The maximum Gasteiger partial charge on any atom is 0.124 e. The summed E-state index contributed by atoms with van der Waals surface area (Å²) >= 11 is 7.52. The summed E-state index contributed by atoms with van der Waals surface area (Å²) < 4.78 is 12.8. The highest BCUT2D eigenvalue weighted by Crippen LogP contribution is 2.20. The van der Waals surface area contributed by atoms with Crippen LogP contribution in [0.15, 0.2) is 35.7 Å². The molecule has 17 heavy (non-hydrogen) atoms. The molecule has 1 aromatic heterocycles. The molecule has 1 heterocycles. The highest BCUT2D eigenvalue weighted by atomic mass is 35.5. The Morgan fingerprint density at radius 3 is 2.76 bits per heavy atom. The highest BCUT2D eigenvalue weighted by molar-refractivity contribution is 7.09. The molecule has 0 aliphatic heterocycles. The first-order chi connectivity index (χ1) is 8.15. The molecule has 0 saturated heterocycles. The van der Waals surface area contributed by atoms with E-state index in [0.717, 1.165) is 10.4 Å². The van der Waals surface area contributed by atoms with Gasteiger partial charge in [-0.05, 0) is 29.1 Å². The predicted molar refractivity (Wildman–Crippen MR) is 69.1 cm³/mol. The summed E-state index contributed by atoms with van der Waals surface area (Å²) in [4.78, 5) is 1.13. The van der Waals surface area contributed by atoms with Gasteiger partial charge in [-0.2, -0.15) is 0 Å². The van der Waals surface area contributed by atoms with Gasteiger partial charge in [0.2, 0.25) is 0 Å². The van der Waals surface area contributed by atoms with E-state index in [4.69, 9.17) is 11.6 Å². The van der Waals surface area contributed by atoms with E-state index in [1.165, 1.54) is 12.1 Å². The summed E-state index contributed by atoms with van der Waals surface area (Å²) in [5, 5.41) is 12.3. The largest absolute Gasteiger partial charge is 0.392 e. The second-order valence-electron chi connectivity index (χ2n) is 3.88. The fourth-order valence-electron chi connectivity index (χ4n) is 1.67. The van der Waals surface area contributed by atoms with Crippen molar-refractivity contribution in [3.05, 3.63) is 57.0 Å². The van der Waals surface area contributed by atoms with Crippen LogP contribution in [0.5, 0.6) is 0 Å². The van der Waals surface area contributed by atoms with Crippen LogP contribution in [0, 0.1) is 5.82 Å². The quantitative estimate of drug-likeness (QED) is 0.898. The molecule has 2 aromatic rings. The fraction of sp³-hybridized carbons (Fsp3) is 0.231. The maximum atomic E-state index is 12.8. The van der Waals surface area contributed by atoms with E-state index >= 15 is 0 Å². The van der Waals surface area contributed by atoms with Gasteiger partial charge in [0, 0.05) is 22.7 Å². The maximum absolute atomic E-state index is 12.8. The Bertz CT molecular complexity index is 484. The molecule has 90 valence electrons. The van der Waals surface area contributed by atoms with Gasteiger partial charge in [-0.3, -0.25) is 0 Å². The van der Waals surface area contributed by atoms with E-state index < -0.39 is 6.10 Å². The average molecular weight is 271 g/mol. The van der Waals surface area contributed by atoms with E-state index in [1.807, 2.05) is 17.5 Å². The van der Waals surface area contributed by atoms with E-state index in [0.29, 0.717) is 17.9 Å². The summed E-state index contributed by atoms with van der Waals surface area (Å²) in [5.74, 6) is -0.355. The van der Waals surface area contributed by atoms with Crippen LogP contribution in [0.2, 0.25) is 5.02 Å². The van der Waals surface area contributed by atoms with Gasteiger partial charge in [0.05, 0.1) is 6.10 Å². The second-order valence-corrected chi connectivity index (χ2v) is 5.32. The van der Waals surface area contributed by atoms with Gasteiger partial charge in [0.15, 0.2) is 0 Å². The lowest BCUT2D eigenvalue weighted by molar-refractivity contribution is 0.176. The Labute approximate surface area is 108 Å². The number of hydrogen-bond donors (Lipinski definition) is 1. The zero-order valence-electron chi connectivity index (χ0n) is 9.07. The molecule has 2 rings (SSSR count). The topological polar surface area (TPSA) is 20.2 Å². The van der Waals surface area contributed by atoms with Crippen LogP contribution in [0.3, 0.4) is 0 Å². The van der Waals surface area contributed by atoms with Crippen LogP contribution in [0.4, 0.5) is 4.39 Å². The van der Waals surface area contributed by atoms with Crippen molar-refractivity contribution >= 4 is 22.9 Å².